The van der Waals surface area contributed by atoms with E-state index in [-0.39, 0.29) is 0 Å². The van der Waals surface area contributed by atoms with Crippen LogP contribution >= 0.6 is 0 Å². The van der Waals surface area contributed by atoms with Gasteiger partial charge in [-0.15, -0.1) is 0 Å². The maximum Gasteiger partial charge on any atom is 0.223 e. The van der Waals surface area contributed by atoms with Gasteiger partial charge in [0.1, 0.15) is 0 Å². The molecular weight excluding hydrogens is 238 g/mol. The first-order valence-electron chi connectivity index (χ1n) is 6.85. The van der Waals surface area contributed by atoms with E-state index < -0.39 is 0 Å². The van der Waals surface area contributed by atoms with Crippen LogP contribution in [0.25, 0.3) is 0 Å². The van der Waals surface area contributed by atoms with Crippen molar-refractivity contribution in [1.29, 1.82) is 0 Å². The maximum atomic E-state index is 4.98. The van der Waals surface area contributed by atoms with Crippen molar-refractivity contribution in [1.82, 2.24) is 15.0 Å². The fourth-order valence-corrected chi connectivity index (χ4v) is 2.53. The number of aryl methyl sites for hydroxylation is 1. The molecule has 19 heavy (non-hydrogen) atoms. The molecule has 0 saturated heterocycles. The Labute approximate surface area is 115 Å². The van der Waals surface area contributed by atoms with Crippen LogP contribution in [0.2, 0.25) is 0 Å². The highest BCUT2D eigenvalue weighted by Crippen LogP contribution is 2.28. The molecule has 1 aromatic rings. The molecule has 4 heteroatoms. The van der Waals surface area contributed by atoms with Gasteiger partial charge < -0.3 is 4.52 Å². The van der Waals surface area contributed by atoms with Gasteiger partial charge in [-0.1, -0.05) is 29.0 Å². The monoisotopic (exact) mass is 261 g/mol. The lowest BCUT2D eigenvalue weighted by molar-refractivity contribution is 0.322. The molecule has 1 heterocycles. The number of aromatic nitrogens is 2. The largest absolute Gasteiger partial charge is 0.340 e. The highest BCUT2D eigenvalue weighted by atomic mass is 16.5. The van der Waals surface area contributed by atoms with Gasteiger partial charge in [-0.2, -0.15) is 4.98 Å². The Morgan fingerprint density at radius 1 is 1.53 bits per heavy atom. The van der Waals surface area contributed by atoms with Crippen LogP contribution < -0.4 is 0 Å². The molecule has 1 aromatic heterocycles. The summed E-state index contributed by atoms with van der Waals surface area (Å²) in [6, 6.07) is 0. The Morgan fingerprint density at radius 3 is 2.84 bits per heavy atom. The van der Waals surface area contributed by atoms with Crippen LogP contribution in [0.15, 0.2) is 28.3 Å². The van der Waals surface area contributed by atoms with Crippen LogP contribution in [-0.4, -0.2) is 28.6 Å². The van der Waals surface area contributed by atoms with Gasteiger partial charge in [0, 0.05) is 13.5 Å². The average Bonchev–Trinajstić information content (AvgIpc) is 2.75. The van der Waals surface area contributed by atoms with Crippen LogP contribution in [0.1, 0.15) is 37.9 Å². The summed E-state index contributed by atoms with van der Waals surface area (Å²) in [5.41, 5.74) is 2.83. The van der Waals surface area contributed by atoms with E-state index in [1.807, 2.05) is 6.92 Å². The zero-order chi connectivity index (χ0) is 13.8. The molecular formula is C15H23N3O. The first-order valence-corrected chi connectivity index (χ1v) is 6.85. The van der Waals surface area contributed by atoms with Gasteiger partial charge in [0.2, 0.25) is 5.89 Å². The minimum Gasteiger partial charge on any atom is -0.340 e. The highest BCUT2D eigenvalue weighted by Gasteiger charge is 2.16. The molecule has 0 bridgehead atoms. The molecule has 4 nitrogen and oxygen atoms in total. The quantitative estimate of drug-likeness (QED) is 0.764. The summed E-state index contributed by atoms with van der Waals surface area (Å²) in [6.07, 6.45) is 5.92. The molecule has 104 valence electrons. The number of hydrogen-bond acceptors (Lipinski definition) is 4. The molecule has 0 aliphatic heterocycles. The van der Waals surface area contributed by atoms with Crippen molar-refractivity contribution in [2.24, 2.45) is 5.92 Å². The molecule has 0 unspecified atom stereocenters. The third-order valence-corrected chi connectivity index (χ3v) is 3.66. The molecule has 1 atom stereocenters. The van der Waals surface area contributed by atoms with Crippen LogP contribution in [0.4, 0.5) is 0 Å². The summed E-state index contributed by atoms with van der Waals surface area (Å²) in [5.74, 6) is 2.06. The number of allylic oxidation sites excluding steroid dienone is 2. The normalized spacial score (nSPS) is 19.6. The molecule has 0 saturated carbocycles. The maximum absolute atomic E-state index is 4.98. The third-order valence-electron chi connectivity index (χ3n) is 3.66. The number of likely N-dealkylation sites (N-methyl/N-ethyl adjacent to an activating group) is 1. The van der Waals surface area contributed by atoms with E-state index in [9.17, 15) is 0 Å². The first-order chi connectivity index (χ1) is 9.04. The number of hydrogen-bond donors (Lipinski definition) is 0. The topological polar surface area (TPSA) is 42.2 Å². The van der Waals surface area contributed by atoms with Crippen molar-refractivity contribution in [2.75, 3.05) is 13.6 Å². The molecule has 0 N–H and O–H groups in total. The van der Waals surface area contributed by atoms with Gasteiger partial charge in [0.15, 0.2) is 5.82 Å². The van der Waals surface area contributed by atoms with Crippen LogP contribution in [0.5, 0.6) is 0 Å². The van der Waals surface area contributed by atoms with Gasteiger partial charge in [-0.25, -0.2) is 0 Å². The van der Waals surface area contributed by atoms with E-state index in [2.05, 4.69) is 41.7 Å². The highest BCUT2D eigenvalue weighted by molar-refractivity contribution is 5.13. The Hall–Kier alpha value is -1.42. The third kappa shape index (κ3) is 4.03. The second kappa shape index (κ2) is 6.15. The molecule has 0 aromatic carbocycles. The summed E-state index contributed by atoms with van der Waals surface area (Å²) >= 11 is 0. The van der Waals surface area contributed by atoms with Gasteiger partial charge in [-0.05, 0) is 39.2 Å². The lowest BCUT2D eigenvalue weighted by Crippen LogP contribution is -2.23. The second-order valence-corrected chi connectivity index (χ2v) is 5.58. The van der Waals surface area contributed by atoms with E-state index >= 15 is 0 Å². The Kier molecular flexibility index (Phi) is 4.53. The van der Waals surface area contributed by atoms with E-state index in [1.165, 1.54) is 24.0 Å². The van der Waals surface area contributed by atoms with Crippen LogP contribution in [-0.2, 0) is 6.54 Å². The van der Waals surface area contributed by atoms with Crippen LogP contribution in [0.3, 0.4) is 0 Å². The minimum absolute atomic E-state index is 0.629. The molecule has 0 radical (unpaired) electrons. The predicted molar refractivity (Wildman–Crippen MR) is 75.6 cm³/mol. The zero-order valence-electron chi connectivity index (χ0n) is 12.1. The van der Waals surface area contributed by atoms with Crippen molar-refractivity contribution < 1.29 is 4.52 Å². The second-order valence-electron chi connectivity index (χ2n) is 5.58. The first kappa shape index (κ1) is 14.0. The molecule has 0 fully saturated rings. The summed E-state index contributed by atoms with van der Waals surface area (Å²) in [7, 11) is 2.09. The SMILES string of the molecule is C=C(C)[C@@H]1CC=C(CN(C)Cc2noc(C)n2)CC1. The standard InChI is InChI=1S/C15H23N3O/c1-11(2)14-7-5-13(6-8-14)9-18(4)10-15-16-12(3)19-17-15/h5,14H,1,6-10H2,2-4H3/t14-/m1/s1. The summed E-state index contributed by atoms with van der Waals surface area (Å²) in [4.78, 5) is 6.46. The van der Waals surface area contributed by atoms with Crippen molar-refractivity contribution in [3.05, 3.63) is 35.5 Å². The Balaban J connectivity index is 1.83. The lowest BCUT2D eigenvalue weighted by Gasteiger charge is -2.24. The zero-order valence-corrected chi connectivity index (χ0v) is 12.1. The van der Waals surface area contributed by atoms with E-state index in [0.29, 0.717) is 11.8 Å². The fraction of sp³-hybridized carbons (Fsp3) is 0.600. The Morgan fingerprint density at radius 2 is 2.32 bits per heavy atom. The fourth-order valence-electron chi connectivity index (χ4n) is 2.53. The number of nitrogens with zero attached hydrogens (tertiary/aromatic N) is 3. The number of rotatable bonds is 5. The molecule has 0 spiro atoms. The van der Waals surface area contributed by atoms with E-state index in [1.54, 1.807) is 0 Å². The molecule has 0 amide bonds. The predicted octanol–water partition coefficient (Wildman–Crippen LogP) is 3.11. The van der Waals surface area contributed by atoms with Gasteiger partial charge in [-0.3, -0.25) is 4.90 Å². The van der Waals surface area contributed by atoms with Gasteiger partial charge >= 0.3 is 0 Å². The van der Waals surface area contributed by atoms with E-state index in [4.69, 9.17) is 4.52 Å². The van der Waals surface area contributed by atoms with Crippen molar-refractivity contribution >= 4 is 0 Å². The minimum atomic E-state index is 0.629. The molecule has 2 rings (SSSR count). The van der Waals surface area contributed by atoms with Crippen molar-refractivity contribution in [3.63, 3.8) is 0 Å². The Bertz CT molecular complexity index is 475. The lowest BCUT2D eigenvalue weighted by atomic mass is 9.85. The summed E-state index contributed by atoms with van der Waals surface area (Å²) in [5, 5.41) is 3.93. The van der Waals surface area contributed by atoms with Crippen LogP contribution in [0, 0.1) is 12.8 Å². The van der Waals surface area contributed by atoms with E-state index in [0.717, 1.165) is 25.3 Å². The summed E-state index contributed by atoms with van der Waals surface area (Å²) in [6.45, 7) is 9.72. The smallest absolute Gasteiger partial charge is 0.223 e. The summed E-state index contributed by atoms with van der Waals surface area (Å²) < 4.78 is 4.98. The average molecular weight is 261 g/mol. The molecule has 1 aliphatic rings. The van der Waals surface area contributed by atoms with Crippen molar-refractivity contribution in [3.8, 4) is 0 Å². The molecule has 1 aliphatic carbocycles. The van der Waals surface area contributed by atoms with Gasteiger partial charge in [0.25, 0.3) is 0 Å². The van der Waals surface area contributed by atoms with Gasteiger partial charge in [0.05, 0.1) is 6.54 Å². The van der Waals surface area contributed by atoms with Crippen molar-refractivity contribution in [2.45, 2.75) is 39.7 Å².